The molecule has 0 fully saturated rings. The standard InChI is InChI=1S/C16H28N2/c1-12-9-13(2)15(14(3)10-12)11-17-7-8-18-16(4,5)6/h9-10,17-18H,7-8,11H2,1-6H3. The molecule has 0 aromatic heterocycles. The van der Waals surface area contributed by atoms with Crippen LogP contribution in [0.5, 0.6) is 0 Å². The van der Waals surface area contributed by atoms with Crippen LogP contribution >= 0.6 is 0 Å². The lowest BCUT2D eigenvalue weighted by Crippen LogP contribution is -2.40. The van der Waals surface area contributed by atoms with Crippen molar-refractivity contribution in [2.75, 3.05) is 13.1 Å². The zero-order valence-corrected chi connectivity index (χ0v) is 12.8. The molecular weight excluding hydrogens is 220 g/mol. The molecule has 0 aliphatic carbocycles. The molecule has 0 bridgehead atoms. The van der Waals surface area contributed by atoms with Gasteiger partial charge in [-0.3, -0.25) is 0 Å². The van der Waals surface area contributed by atoms with E-state index in [1.807, 2.05) is 0 Å². The van der Waals surface area contributed by atoms with Crippen LogP contribution in [0.25, 0.3) is 0 Å². The van der Waals surface area contributed by atoms with E-state index in [1.54, 1.807) is 0 Å². The van der Waals surface area contributed by atoms with Gasteiger partial charge in [0.05, 0.1) is 0 Å². The van der Waals surface area contributed by atoms with Crippen LogP contribution in [0.4, 0.5) is 0 Å². The lowest BCUT2D eigenvalue weighted by molar-refractivity contribution is 0.421. The van der Waals surface area contributed by atoms with E-state index in [9.17, 15) is 0 Å². The summed E-state index contributed by atoms with van der Waals surface area (Å²) in [6.07, 6.45) is 0. The van der Waals surface area contributed by atoms with Gasteiger partial charge in [-0.05, 0) is 58.2 Å². The largest absolute Gasteiger partial charge is 0.311 e. The molecule has 1 aromatic rings. The average Bonchev–Trinajstić information content (AvgIpc) is 2.19. The first-order valence-electron chi connectivity index (χ1n) is 6.82. The van der Waals surface area contributed by atoms with Gasteiger partial charge in [0.1, 0.15) is 0 Å². The van der Waals surface area contributed by atoms with Gasteiger partial charge in [0, 0.05) is 25.2 Å². The first-order valence-corrected chi connectivity index (χ1v) is 6.82. The first kappa shape index (κ1) is 15.2. The number of rotatable bonds is 5. The van der Waals surface area contributed by atoms with Crippen LogP contribution in [0.3, 0.4) is 0 Å². The Morgan fingerprint density at radius 2 is 1.50 bits per heavy atom. The van der Waals surface area contributed by atoms with Crippen molar-refractivity contribution < 1.29 is 0 Å². The van der Waals surface area contributed by atoms with Crippen molar-refractivity contribution in [1.82, 2.24) is 10.6 Å². The summed E-state index contributed by atoms with van der Waals surface area (Å²) in [5.74, 6) is 0. The summed E-state index contributed by atoms with van der Waals surface area (Å²) in [4.78, 5) is 0. The fourth-order valence-corrected chi connectivity index (χ4v) is 2.23. The highest BCUT2D eigenvalue weighted by atomic mass is 15.0. The molecule has 0 spiro atoms. The summed E-state index contributed by atoms with van der Waals surface area (Å²) in [6.45, 7) is 16.1. The lowest BCUT2D eigenvalue weighted by Gasteiger charge is -2.20. The Morgan fingerprint density at radius 1 is 0.944 bits per heavy atom. The molecule has 0 atom stereocenters. The summed E-state index contributed by atoms with van der Waals surface area (Å²) in [5, 5.41) is 7.00. The van der Waals surface area contributed by atoms with E-state index < -0.39 is 0 Å². The van der Waals surface area contributed by atoms with E-state index in [-0.39, 0.29) is 5.54 Å². The molecule has 0 aliphatic rings. The van der Waals surface area contributed by atoms with Gasteiger partial charge in [0.15, 0.2) is 0 Å². The third-order valence-corrected chi connectivity index (χ3v) is 3.10. The highest BCUT2D eigenvalue weighted by molar-refractivity contribution is 5.37. The van der Waals surface area contributed by atoms with Crippen LogP contribution in [0.2, 0.25) is 0 Å². The minimum Gasteiger partial charge on any atom is -0.311 e. The monoisotopic (exact) mass is 248 g/mol. The van der Waals surface area contributed by atoms with Crippen molar-refractivity contribution in [3.8, 4) is 0 Å². The molecule has 2 N–H and O–H groups in total. The van der Waals surface area contributed by atoms with Crippen LogP contribution in [-0.4, -0.2) is 18.6 Å². The number of nitrogens with one attached hydrogen (secondary N) is 2. The normalized spacial score (nSPS) is 11.9. The van der Waals surface area contributed by atoms with Gasteiger partial charge >= 0.3 is 0 Å². The maximum absolute atomic E-state index is 3.51. The van der Waals surface area contributed by atoms with Crippen molar-refractivity contribution in [1.29, 1.82) is 0 Å². The lowest BCUT2D eigenvalue weighted by atomic mass is 10.00. The second-order valence-electron chi connectivity index (χ2n) is 6.23. The van der Waals surface area contributed by atoms with Crippen LogP contribution in [0, 0.1) is 20.8 Å². The number of benzene rings is 1. The topological polar surface area (TPSA) is 24.1 Å². The average molecular weight is 248 g/mol. The molecule has 0 saturated carbocycles. The molecule has 102 valence electrons. The van der Waals surface area contributed by atoms with Crippen molar-refractivity contribution in [3.05, 3.63) is 34.4 Å². The molecule has 2 heteroatoms. The Morgan fingerprint density at radius 3 is 2.00 bits per heavy atom. The maximum Gasteiger partial charge on any atom is 0.0211 e. The van der Waals surface area contributed by atoms with Crippen molar-refractivity contribution in [2.45, 2.75) is 53.6 Å². The fourth-order valence-electron chi connectivity index (χ4n) is 2.23. The number of hydrogen-bond donors (Lipinski definition) is 2. The molecule has 0 amide bonds. The Labute approximate surface area is 112 Å². The molecule has 0 saturated heterocycles. The predicted octanol–water partition coefficient (Wildman–Crippen LogP) is 3.09. The SMILES string of the molecule is Cc1cc(C)c(CNCCNC(C)(C)C)c(C)c1. The molecule has 0 unspecified atom stereocenters. The molecule has 0 radical (unpaired) electrons. The second kappa shape index (κ2) is 6.35. The van der Waals surface area contributed by atoms with E-state index in [1.165, 1.54) is 22.3 Å². The van der Waals surface area contributed by atoms with Gasteiger partial charge in [-0.25, -0.2) is 0 Å². The van der Waals surface area contributed by atoms with E-state index >= 15 is 0 Å². The molecule has 2 nitrogen and oxygen atoms in total. The molecular formula is C16H28N2. The van der Waals surface area contributed by atoms with Gasteiger partial charge in [-0.15, -0.1) is 0 Å². The zero-order chi connectivity index (χ0) is 13.8. The Bertz CT molecular complexity index is 366. The Balaban J connectivity index is 2.41. The smallest absolute Gasteiger partial charge is 0.0211 e. The highest BCUT2D eigenvalue weighted by Crippen LogP contribution is 2.15. The number of aryl methyl sites for hydroxylation is 3. The first-order chi connectivity index (χ1) is 8.29. The van der Waals surface area contributed by atoms with E-state index in [2.05, 4.69) is 64.3 Å². The minimum atomic E-state index is 0.206. The zero-order valence-electron chi connectivity index (χ0n) is 12.8. The Hall–Kier alpha value is -0.860. The van der Waals surface area contributed by atoms with Gasteiger partial charge in [-0.2, -0.15) is 0 Å². The molecule has 18 heavy (non-hydrogen) atoms. The quantitative estimate of drug-likeness (QED) is 0.783. The summed E-state index contributed by atoms with van der Waals surface area (Å²) in [5.41, 5.74) is 5.78. The third kappa shape index (κ3) is 5.19. The van der Waals surface area contributed by atoms with E-state index in [0.29, 0.717) is 0 Å². The predicted molar refractivity (Wildman–Crippen MR) is 80.1 cm³/mol. The van der Waals surface area contributed by atoms with Gasteiger partial charge in [0.2, 0.25) is 0 Å². The fraction of sp³-hybridized carbons (Fsp3) is 0.625. The Kier molecular flexibility index (Phi) is 5.36. The highest BCUT2D eigenvalue weighted by Gasteiger charge is 2.07. The van der Waals surface area contributed by atoms with Crippen LogP contribution in [0.15, 0.2) is 12.1 Å². The van der Waals surface area contributed by atoms with Gasteiger partial charge in [0.25, 0.3) is 0 Å². The molecule has 0 heterocycles. The minimum absolute atomic E-state index is 0.206. The molecule has 1 rings (SSSR count). The van der Waals surface area contributed by atoms with Crippen LogP contribution < -0.4 is 10.6 Å². The van der Waals surface area contributed by atoms with Crippen molar-refractivity contribution in [3.63, 3.8) is 0 Å². The van der Waals surface area contributed by atoms with Gasteiger partial charge in [-0.1, -0.05) is 17.7 Å². The van der Waals surface area contributed by atoms with Crippen LogP contribution in [-0.2, 0) is 6.54 Å². The summed E-state index contributed by atoms with van der Waals surface area (Å²) in [7, 11) is 0. The van der Waals surface area contributed by atoms with Gasteiger partial charge < -0.3 is 10.6 Å². The van der Waals surface area contributed by atoms with E-state index in [4.69, 9.17) is 0 Å². The summed E-state index contributed by atoms with van der Waals surface area (Å²) >= 11 is 0. The van der Waals surface area contributed by atoms with Crippen molar-refractivity contribution in [2.24, 2.45) is 0 Å². The van der Waals surface area contributed by atoms with Crippen molar-refractivity contribution >= 4 is 0 Å². The summed E-state index contributed by atoms with van der Waals surface area (Å²) in [6, 6.07) is 4.52. The maximum atomic E-state index is 3.51. The summed E-state index contributed by atoms with van der Waals surface area (Å²) < 4.78 is 0. The third-order valence-electron chi connectivity index (χ3n) is 3.10. The second-order valence-corrected chi connectivity index (χ2v) is 6.23. The van der Waals surface area contributed by atoms with Crippen LogP contribution in [0.1, 0.15) is 43.0 Å². The number of hydrogen-bond acceptors (Lipinski definition) is 2. The molecule has 0 aliphatic heterocycles. The molecule has 1 aromatic carbocycles. The van der Waals surface area contributed by atoms with E-state index in [0.717, 1.165) is 19.6 Å².